The Labute approximate surface area is 119 Å². The van der Waals surface area contributed by atoms with E-state index in [1.807, 2.05) is 12.1 Å². The molecule has 0 radical (unpaired) electrons. The molecule has 3 rings (SSSR count). The van der Waals surface area contributed by atoms with Crippen LogP contribution in [0.2, 0.25) is 0 Å². The molecule has 20 heavy (non-hydrogen) atoms. The standard InChI is InChI=1S/C15H20N4O/c1-11-3-5-13(6-4-11)15-18-17-14(20-15)10-19-8-7-16-9-12(19)2/h3-6,12,16H,7-10H2,1-2H3/t12-/m0/s1. The zero-order valence-electron chi connectivity index (χ0n) is 12.0. The van der Waals surface area contributed by atoms with Gasteiger partial charge in [-0.1, -0.05) is 17.7 Å². The van der Waals surface area contributed by atoms with Crippen LogP contribution in [0.5, 0.6) is 0 Å². The second-order valence-corrected chi connectivity index (χ2v) is 5.39. The molecule has 1 saturated heterocycles. The molecular formula is C15H20N4O. The number of rotatable bonds is 3. The third-order valence-electron chi connectivity index (χ3n) is 3.74. The molecule has 106 valence electrons. The second-order valence-electron chi connectivity index (χ2n) is 5.39. The minimum absolute atomic E-state index is 0.499. The summed E-state index contributed by atoms with van der Waals surface area (Å²) in [6, 6.07) is 8.63. The molecule has 1 N–H and O–H groups in total. The molecule has 0 saturated carbocycles. The monoisotopic (exact) mass is 272 g/mol. The Morgan fingerprint density at radius 3 is 2.85 bits per heavy atom. The van der Waals surface area contributed by atoms with E-state index in [-0.39, 0.29) is 0 Å². The van der Waals surface area contributed by atoms with Gasteiger partial charge in [-0.05, 0) is 26.0 Å². The van der Waals surface area contributed by atoms with Gasteiger partial charge in [0.05, 0.1) is 6.54 Å². The number of aryl methyl sites for hydroxylation is 1. The maximum absolute atomic E-state index is 5.78. The molecule has 5 heteroatoms. The van der Waals surface area contributed by atoms with Crippen LogP contribution in [0.25, 0.3) is 11.5 Å². The Kier molecular flexibility index (Phi) is 3.80. The highest BCUT2D eigenvalue weighted by Crippen LogP contribution is 2.19. The van der Waals surface area contributed by atoms with Crippen LogP contribution >= 0.6 is 0 Å². The molecule has 1 atom stereocenters. The predicted octanol–water partition coefficient (Wildman–Crippen LogP) is 1.84. The van der Waals surface area contributed by atoms with Crippen molar-refractivity contribution in [3.8, 4) is 11.5 Å². The van der Waals surface area contributed by atoms with Gasteiger partial charge in [0.15, 0.2) is 0 Å². The summed E-state index contributed by atoms with van der Waals surface area (Å²) in [4.78, 5) is 2.36. The van der Waals surface area contributed by atoms with Gasteiger partial charge in [0.25, 0.3) is 0 Å². The molecule has 1 aliphatic rings. The molecule has 0 bridgehead atoms. The quantitative estimate of drug-likeness (QED) is 0.924. The smallest absolute Gasteiger partial charge is 0.247 e. The van der Waals surface area contributed by atoms with E-state index in [0.29, 0.717) is 17.8 Å². The lowest BCUT2D eigenvalue weighted by molar-refractivity contribution is 0.151. The topological polar surface area (TPSA) is 54.2 Å². The summed E-state index contributed by atoms with van der Waals surface area (Å²) in [5.41, 5.74) is 2.20. The summed E-state index contributed by atoms with van der Waals surface area (Å²) in [6.07, 6.45) is 0. The molecule has 0 amide bonds. The summed E-state index contributed by atoms with van der Waals surface area (Å²) in [6.45, 7) is 8.05. The van der Waals surface area contributed by atoms with E-state index in [1.54, 1.807) is 0 Å². The molecule has 1 aromatic carbocycles. The zero-order chi connectivity index (χ0) is 13.9. The molecule has 0 unspecified atom stereocenters. The molecule has 1 fully saturated rings. The van der Waals surface area contributed by atoms with Crippen molar-refractivity contribution in [2.24, 2.45) is 0 Å². The van der Waals surface area contributed by atoms with Crippen molar-refractivity contribution in [2.75, 3.05) is 19.6 Å². The van der Waals surface area contributed by atoms with Crippen molar-refractivity contribution in [2.45, 2.75) is 26.4 Å². The van der Waals surface area contributed by atoms with Crippen molar-refractivity contribution >= 4 is 0 Å². The molecule has 5 nitrogen and oxygen atoms in total. The first-order valence-corrected chi connectivity index (χ1v) is 7.06. The van der Waals surface area contributed by atoms with Crippen molar-refractivity contribution in [1.29, 1.82) is 0 Å². The van der Waals surface area contributed by atoms with Gasteiger partial charge in [-0.3, -0.25) is 4.90 Å². The van der Waals surface area contributed by atoms with Gasteiger partial charge in [-0.2, -0.15) is 0 Å². The molecule has 2 heterocycles. The molecule has 0 aliphatic carbocycles. The Morgan fingerprint density at radius 1 is 1.30 bits per heavy atom. The fourth-order valence-corrected chi connectivity index (χ4v) is 2.42. The van der Waals surface area contributed by atoms with Crippen LogP contribution in [0.1, 0.15) is 18.4 Å². The van der Waals surface area contributed by atoms with Gasteiger partial charge in [0.2, 0.25) is 11.8 Å². The van der Waals surface area contributed by atoms with E-state index in [9.17, 15) is 0 Å². The fraction of sp³-hybridized carbons (Fsp3) is 0.467. The maximum atomic E-state index is 5.78. The lowest BCUT2D eigenvalue weighted by Crippen LogP contribution is -2.49. The summed E-state index contributed by atoms with van der Waals surface area (Å²) < 4.78 is 5.78. The van der Waals surface area contributed by atoms with Crippen LogP contribution < -0.4 is 5.32 Å². The lowest BCUT2D eigenvalue weighted by atomic mass is 10.1. The number of nitrogens with zero attached hydrogens (tertiary/aromatic N) is 3. The van der Waals surface area contributed by atoms with Crippen LogP contribution in [0.4, 0.5) is 0 Å². The predicted molar refractivity (Wildman–Crippen MR) is 77.2 cm³/mol. The van der Waals surface area contributed by atoms with Gasteiger partial charge in [0, 0.05) is 31.2 Å². The van der Waals surface area contributed by atoms with E-state index in [1.165, 1.54) is 5.56 Å². The van der Waals surface area contributed by atoms with Gasteiger partial charge in [0.1, 0.15) is 0 Å². The first-order valence-electron chi connectivity index (χ1n) is 7.06. The Balaban J connectivity index is 1.71. The van der Waals surface area contributed by atoms with Gasteiger partial charge < -0.3 is 9.73 Å². The third-order valence-corrected chi connectivity index (χ3v) is 3.74. The highest BCUT2D eigenvalue weighted by Gasteiger charge is 2.20. The highest BCUT2D eigenvalue weighted by atomic mass is 16.4. The highest BCUT2D eigenvalue weighted by molar-refractivity contribution is 5.52. The summed E-state index contributed by atoms with van der Waals surface area (Å²) in [7, 11) is 0. The molecule has 0 spiro atoms. The number of benzene rings is 1. The van der Waals surface area contributed by atoms with Crippen molar-refractivity contribution in [3.05, 3.63) is 35.7 Å². The Hall–Kier alpha value is -1.72. The fourth-order valence-electron chi connectivity index (χ4n) is 2.42. The lowest BCUT2D eigenvalue weighted by Gasteiger charge is -2.32. The van der Waals surface area contributed by atoms with E-state index in [4.69, 9.17) is 4.42 Å². The normalized spacial score (nSPS) is 20.2. The maximum Gasteiger partial charge on any atom is 0.247 e. The number of hydrogen-bond donors (Lipinski definition) is 1. The minimum atomic E-state index is 0.499. The Morgan fingerprint density at radius 2 is 2.10 bits per heavy atom. The van der Waals surface area contributed by atoms with E-state index in [2.05, 4.69) is 46.4 Å². The number of aromatic nitrogens is 2. The zero-order valence-corrected chi connectivity index (χ0v) is 12.0. The van der Waals surface area contributed by atoms with Crippen LogP contribution in [-0.4, -0.2) is 40.8 Å². The van der Waals surface area contributed by atoms with Gasteiger partial charge in [-0.15, -0.1) is 10.2 Å². The number of piperazine rings is 1. The SMILES string of the molecule is Cc1ccc(-c2nnc(CN3CCNC[C@@H]3C)o2)cc1. The average molecular weight is 272 g/mol. The van der Waals surface area contributed by atoms with Crippen molar-refractivity contribution < 1.29 is 4.42 Å². The van der Waals surface area contributed by atoms with Crippen LogP contribution in [0.3, 0.4) is 0 Å². The van der Waals surface area contributed by atoms with Gasteiger partial charge in [-0.25, -0.2) is 0 Å². The molecule has 2 aromatic rings. The largest absolute Gasteiger partial charge is 0.419 e. The Bertz CT molecular complexity index is 564. The molecule has 1 aromatic heterocycles. The molecular weight excluding hydrogens is 252 g/mol. The number of hydrogen-bond acceptors (Lipinski definition) is 5. The minimum Gasteiger partial charge on any atom is -0.419 e. The summed E-state index contributed by atoms with van der Waals surface area (Å²) in [5, 5.41) is 11.7. The van der Waals surface area contributed by atoms with E-state index < -0.39 is 0 Å². The van der Waals surface area contributed by atoms with Crippen LogP contribution in [-0.2, 0) is 6.54 Å². The first kappa shape index (κ1) is 13.3. The third kappa shape index (κ3) is 2.89. The van der Waals surface area contributed by atoms with E-state index >= 15 is 0 Å². The molecule has 1 aliphatic heterocycles. The summed E-state index contributed by atoms with van der Waals surface area (Å²) >= 11 is 0. The first-order chi connectivity index (χ1) is 9.72. The van der Waals surface area contributed by atoms with Crippen molar-refractivity contribution in [3.63, 3.8) is 0 Å². The van der Waals surface area contributed by atoms with Gasteiger partial charge >= 0.3 is 0 Å². The summed E-state index contributed by atoms with van der Waals surface area (Å²) in [5.74, 6) is 1.29. The average Bonchev–Trinajstić information content (AvgIpc) is 2.91. The number of nitrogens with one attached hydrogen (secondary N) is 1. The van der Waals surface area contributed by atoms with Crippen molar-refractivity contribution in [1.82, 2.24) is 20.4 Å². The van der Waals surface area contributed by atoms with E-state index in [0.717, 1.165) is 31.7 Å². The van der Waals surface area contributed by atoms with Crippen LogP contribution in [0, 0.1) is 6.92 Å². The second kappa shape index (κ2) is 5.73. The van der Waals surface area contributed by atoms with Crippen LogP contribution in [0.15, 0.2) is 28.7 Å².